The fourth-order valence-electron chi connectivity index (χ4n) is 1.26. The molecule has 0 fully saturated rings. The highest BCUT2D eigenvalue weighted by Gasteiger charge is 2.09. The van der Waals surface area contributed by atoms with Gasteiger partial charge in [-0.2, -0.15) is 0 Å². The number of pyridine rings is 1. The summed E-state index contributed by atoms with van der Waals surface area (Å²) >= 11 is 11.7. The average molecular weight is 319 g/mol. The van der Waals surface area contributed by atoms with E-state index < -0.39 is 10.0 Å². The predicted octanol–water partition coefficient (Wildman–Crippen LogP) is 2.83. The summed E-state index contributed by atoms with van der Waals surface area (Å²) in [6.45, 7) is 0. The largest absolute Gasteiger partial charge is 0.437 e. The third-order valence-electron chi connectivity index (χ3n) is 2.15. The molecule has 2 rings (SSSR count). The molecule has 0 unspecified atom stereocenters. The van der Waals surface area contributed by atoms with Gasteiger partial charge in [-0.05, 0) is 18.2 Å². The van der Waals surface area contributed by atoms with Gasteiger partial charge >= 0.3 is 0 Å². The first-order chi connectivity index (χ1) is 8.86. The van der Waals surface area contributed by atoms with Crippen LogP contribution in [0, 0.1) is 0 Å². The molecule has 2 N–H and O–H groups in total. The van der Waals surface area contributed by atoms with Crippen LogP contribution in [0.25, 0.3) is 0 Å². The molecule has 1 heterocycles. The van der Waals surface area contributed by atoms with Gasteiger partial charge in [0.25, 0.3) is 0 Å². The van der Waals surface area contributed by atoms with Crippen molar-refractivity contribution in [1.29, 1.82) is 0 Å². The van der Waals surface area contributed by atoms with E-state index in [9.17, 15) is 8.42 Å². The zero-order valence-electron chi connectivity index (χ0n) is 9.38. The minimum absolute atomic E-state index is 0.1000. The molecule has 0 amide bonds. The molecule has 1 aromatic heterocycles. The van der Waals surface area contributed by atoms with E-state index in [4.69, 9.17) is 33.1 Å². The van der Waals surface area contributed by atoms with Gasteiger partial charge in [0.1, 0.15) is 10.6 Å². The molecule has 5 nitrogen and oxygen atoms in total. The number of sulfonamides is 1. The summed E-state index contributed by atoms with van der Waals surface area (Å²) in [6.07, 6.45) is 1.10. The number of nitrogens with two attached hydrogens (primary N) is 1. The standard InChI is InChI=1S/C11H8Cl2N2O3S/c12-7-1-3-9(13)10(5-7)18-11-4-2-8(6-15-11)19(14,16)17/h1-6H,(H2,14,16,17). The van der Waals surface area contributed by atoms with Gasteiger partial charge in [0.15, 0.2) is 0 Å². The highest BCUT2D eigenvalue weighted by molar-refractivity contribution is 7.89. The Morgan fingerprint density at radius 1 is 1.16 bits per heavy atom. The first-order valence-corrected chi connectivity index (χ1v) is 7.28. The molecule has 0 saturated heterocycles. The van der Waals surface area contributed by atoms with E-state index in [-0.39, 0.29) is 10.8 Å². The van der Waals surface area contributed by atoms with Crippen LogP contribution in [0.4, 0.5) is 0 Å². The predicted molar refractivity (Wildman–Crippen MR) is 72.1 cm³/mol. The fraction of sp³-hybridized carbons (Fsp3) is 0. The van der Waals surface area contributed by atoms with E-state index in [1.807, 2.05) is 0 Å². The van der Waals surface area contributed by atoms with Gasteiger partial charge in [-0.3, -0.25) is 0 Å². The topological polar surface area (TPSA) is 82.3 Å². The van der Waals surface area contributed by atoms with Gasteiger partial charge in [0, 0.05) is 17.2 Å². The van der Waals surface area contributed by atoms with E-state index in [0.717, 1.165) is 6.20 Å². The van der Waals surface area contributed by atoms with Crippen molar-refractivity contribution in [3.63, 3.8) is 0 Å². The lowest BCUT2D eigenvalue weighted by atomic mass is 10.3. The van der Waals surface area contributed by atoms with Crippen molar-refractivity contribution >= 4 is 33.2 Å². The summed E-state index contributed by atoms with van der Waals surface area (Å²) in [5.41, 5.74) is 0. The number of aromatic nitrogens is 1. The van der Waals surface area contributed by atoms with Crippen LogP contribution in [0.2, 0.25) is 10.0 Å². The minimum Gasteiger partial charge on any atom is -0.437 e. The summed E-state index contributed by atoms with van der Waals surface area (Å²) in [5.74, 6) is 0.501. The van der Waals surface area contributed by atoms with E-state index in [0.29, 0.717) is 15.8 Å². The zero-order valence-corrected chi connectivity index (χ0v) is 11.7. The molecule has 0 bridgehead atoms. The Morgan fingerprint density at radius 2 is 1.89 bits per heavy atom. The number of hydrogen-bond acceptors (Lipinski definition) is 4. The van der Waals surface area contributed by atoms with Gasteiger partial charge < -0.3 is 4.74 Å². The third-order valence-corrected chi connectivity index (χ3v) is 3.59. The summed E-state index contributed by atoms with van der Waals surface area (Å²) in [4.78, 5) is 3.73. The number of hydrogen-bond donors (Lipinski definition) is 1. The normalized spacial score (nSPS) is 11.3. The Labute approximate surface area is 120 Å². The number of nitrogens with zero attached hydrogens (tertiary/aromatic N) is 1. The molecular formula is C11H8Cl2N2O3S. The molecule has 100 valence electrons. The van der Waals surface area contributed by atoms with Crippen LogP contribution >= 0.6 is 23.2 Å². The summed E-state index contributed by atoms with van der Waals surface area (Å²) < 4.78 is 27.5. The average Bonchev–Trinajstić information content (AvgIpc) is 2.33. The maximum Gasteiger partial charge on any atom is 0.239 e. The molecule has 8 heteroatoms. The number of ether oxygens (including phenoxy) is 1. The van der Waals surface area contributed by atoms with Gasteiger partial charge in [0.05, 0.1) is 11.2 Å². The van der Waals surface area contributed by atoms with Crippen LogP contribution < -0.4 is 9.88 Å². The van der Waals surface area contributed by atoms with Crippen LogP contribution in [-0.4, -0.2) is 13.4 Å². The van der Waals surface area contributed by atoms with Crippen molar-refractivity contribution in [2.24, 2.45) is 5.14 Å². The van der Waals surface area contributed by atoms with Crippen LogP contribution in [0.5, 0.6) is 11.6 Å². The lowest BCUT2D eigenvalue weighted by Gasteiger charge is -2.07. The molecule has 0 radical (unpaired) electrons. The minimum atomic E-state index is -3.77. The second kappa shape index (κ2) is 5.34. The number of rotatable bonds is 3. The van der Waals surface area contributed by atoms with Crippen molar-refractivity contribution in [1.82, 2.24) is 4.98 Å². The number of halogens is 2. The lowest BCUT2D eigenvalue weighted by Crippen LogP contribution is -2.12. The summed E-state index contributed by atoms with van der Waals surface area (Å²) in [5, 5.41) is 5.78. The van der Waals surface area contributed by atoms with Crippen LogP contribution in [0.1, 0.15) is 0 Å². The highest BCUT2D eigenvalue weighted by atomic mass is 35.5. The monoisotopic (exact) mass is 318 g/mol. The van der Waals surface area contributed by atoms with Gasteiger partial charge in [-0.25, -0.2) is 18.5 Å². The molecule has 0 aliphatic carbocycles. The lowest BCUT2D eigenvalue weighted by molar-refractivity contribution is 0.462. The molecule has 0 aliphatic heterocycles. The molecule has 0 saturated carbocycles. The molecule has 0 spiro atoms. The third kappa shape index (κ3) is 3.57. The molecule has 1 aromatic carbocycles. The number of benzene rings is 1. The van der Waals surface area contributed by atoms with Gasteiger partial charge in [-0.15, -0.1) is 0 Å². The van der Waals surface area contributed by atoms with Crippen molar-refractivity contribution in [2.75, 3.05) is 0 Å². The van der Waals surface area contributed by atoms with Crippen molar-refractivity contribution in [3.8, 4) is 11.6 Å². The maximum absolute atomic E-state index is 11.1. The zero-order chi connectivity index (χ0) is 14.0. The SMILES string of the molecule is NS(=O)(=O)c1ccc(Oc2cc(Cl)ccc2Cl)nc1. The van der Waals surface area contributed by atoms with Crippen molar-refractivity contribution in [2.45, 2.75) is 4.90 Å². The molecule has 2 aromatic rings. The van der Waals surface area contributed by atoms with E-state index in [1.54, 1.807) is 12.1 Å². The Morgan fingerprint density at radius 3 is 2.47 bits per heavy atom. The van der Waals surface area contributed by atoms with Crippen LogP contribution in [0.3, 0.4) is 0 Å². The molecule has 19 heavy (non-hydrogen) atoms. The van der Waals surface area contributed by atoms with Gasteiger partial charge in [0.2, 0.25) is 15.9 Å². The highest BCUT2D eigenvalue weighted by Crippen LogP contribution is 2.31. The van der Waals surface area contributed by atoms with Gasteiger partial charge in [-0.1, -0.05) is 23.2 Å². The summed E-state index contributed by atoms with van der Waals surface area (Å²) in [7, 11) is -3.77. The first-order valence-electron chi connectivity index (χ1n) is 4.98. The van der Waals surface area contributed by atoms with Crippen molar-refractivity contribution in [3.05, 3.63) is 46.6 Å². The Kier molecular flexibility index (Phi) is 3.96. The molecule has 0 aliphatic rings. The van der Waals surface area contributed by atoms with Crippen LogP contribution in [-0.2, 0) is 10.0 Å². The second-order valence-corrected chi connectivity index (χ2v) is 5.96. The first kappa shape index (κ1) is 14.1. The van der Waals surface area contributed by atoms with Crippen LogP contribution in [0.15, 0.2) is 41.4 Å². The molecular weight excluding hydrogens is 311 g/mol. The number of primary sulfonamides is 1. The molecule has 0 atom stereocenters. The Bertz CT molecular complexity index is 702. The summed E-state index contributed by atoms with van der Waals surface area (Å²) in [6, 6.07) is 7.39. The Balaban J connectivity index is 2.27. The fourth-order valence-corrected chi connectivity index (χ4v) is 2.04. The van der Waals surface area contributed by atoms with E-state index in [1.165, 1.54) is 18.2 Å². The van der Waals surface area contributed by atoms with E-state index in [2.05, 4.69) is 4.98 Å². The smallest absolute Gasteiger partial charge is 0.239 e. The quantitative estimate of drug-likeness (QED) is 0.943. The maximum atomic E-state index is 11.1. The van der Waals surface area contributed by atoms with E-state index >= 15 is 0 Å². The van der Waals surface area contributed by atoms with Crippen molar-refractivity contribution < 1.29 is 13.2 Å². The second-order valence-electron chi connectivity index (χ2n) is 3.55. The Hall–Kier alpha value is -1.34.